The highest BCUT2D eigenvalue weighted by Crippen LogP contribution is 2.36. The molecule has 1 aromatic carbocycles. The van der Waals surface area contributed by atoms with Crippen LogP contribution in [0, 0.1) is 5.92 Å². The number of amides is 1. The highest BCUT2D eigenvalue weighted by molar-refractivity contribution is 8.23. The zero-order valence-electron chi connectivity index (χ0n) is 16.7. The number of pyridine rings is 1. The van der Waals surface area contributed by atoms with Gasteiger partial charge in [-0.15, -0.1) is 0 Å². The average Bonchev–Trinajstić information content (AvgIpc) is 2.73. The Morgan fingerprint density at radius 3 is 2.63 bits per heavy atom. The minimum atomic E-state index is -0.132. The van der Waals surface area contributed by atoms with Gasteiger partial charge in [-0.2, -0.15) is 0 Å². The fourth-order valence-electron chi connectivity index (χ4n) is 4.25. The van der Waals surface area contributed by atoms with E-state index in [0.717, 1.165) is 36.1 Å². The molecular formula is C22H23N3O3S2. The van der Waals surface area contributed by atoms with Crippen molar-refractivity contribution in [3.8, 4) is 0 Å². The number of thioether (sulfide) groups is 1. The standard InChI is InChI=1S/C22H23N3O3S2/c1-14(26)16-5-7-18(8-6-16)23-20(27)13-30-22(29)24-10-15-9-17(12-24)19-3-2-4-21(28)25(19)11-15/h2-8,15,17H,9-13H2,1H3,(H,23,27)/t15-,17-/m0/s1. The van der Waals surface area contributed by atoms with Crippen molar-refractivity contribution in [1.82, 2.24) is 9.47 Å². The molecule has 2 bridgehead atoms. The summed E-state index contributed by atoms with van der Waals surface area (Å²) in [5, 5.41) is 2.84. The summed E-state index contributed by atoms with van der Waals surface area (Å²) in [5.74, 6) is 0.775. The van der Waals surface area contributed by atoms with Crippen molar-refractivity contribution in [1.29, 1.82) is 0 Å². The van der Waals surface area contributed by atoms with Gasteiger partial charge in [0.25, 0.3) is 5.56 Å². The monoisotopic (exact) mass is 441 g/mol. The van der Waals surface area contributed by atoms with E-state index >= 15 is 0 Å². The molecule has 3 heterocycles. The smallest absolute Gasteiger partial charge is 0.250 e. The summed E-state index contributed by atoms with van der Waals surface area (Å²) in [6, 6.07) is 12.3. The number of thiocarbonyl (C=S) groups is 1. The summed E-state index contributed by atoms with van der Waals surface area (Å²) in [5.41, 5.74) is 2.43. The molecule has 0 aliphatic carbocycles. The average molecular weight is 442 g/mol. The molecule has 1 N–H and O–H groups in total. The molecule has 0 spiro atoms. The van der Waals surface area contributed by atoms with Crippen molar-refractivity contribution in [3.63, 3.8) is 0 Å². The van der Waals surface area contributed by atoms with E-state index in [4.69, 9.17) is 12.2 Å². The number of hydrogen-bond donors (Lipinski definition) is 1. The van der Waals surface area contributed by atoms with Gasteiger partial charge in [0.1, 0.15) is 4.32 Å². The van der Waals surface area contributed by atoms with Gasteiger partial charge >= 0.3 is 0 Å². The second kappa shape index (κ2) is 8.73. The largest absolute Gasteiger partial charge is 0.356 e. The molecule has 0 radical (unpaired) electrons. The van der Waals surface area contributed by atoms with Crippen molar-refractivity contribution < 1.29 is 9.59 Å². The van der Waals surface area contributed by atoms with Gasteiger partial charge in [0, 0.05) is 48.6 Å². The lowest BCUT2D eigenvalue weighted by Gasteiger charge is -2.43. The van der Waals surface area contributed by atoms with Crippen molar-refractivity contribution in [2.75, 3.05) is 24.2 Å². The molecule has 2 aliphatic rings. The number of nitrogens with zero attached hydrogens (tertiary/aromatic N) is 2. The van der Waals surface area contributed by atoms with Gasteiger partial charge < -0.3 is 14.8 Å². The topological polar surface area (TPSA) is 71.4 Å². The van der Waals surface area contributed by atoms with E-state index in [1.54, 1.807) is 30.3 Å². The molecule has 0 unspecified atom stereocenters. The molecule has 1 aromatic heterocycles. The molecule has 156 valence electrons. The Morgan fingerprint density at radius 2 is 1.90 bits per heavy atom. The van der Waals surface area contributed by atoms with E-state index in [0.29, 0.717) is 23.1 Å². The fourth-order valence-corrected chi connectivity index (χ4v) is 5.23. The first-order valence-corrected chi connectivity index (χ1v) is 11.3. The summed E-state index contributed by atoms with van der Waals surface area (Å²) in [7, 11) is 0. The third-order valence-electron chi connectivity index (χ3n) is 5.64. The van der Waals surface area contributed by atoms with Crippen LogP contribution in [0.3, 0.4) is 0 Å². The zero-order valence-corrected chi connectivity index (χ0v) is 18.3. The van der Waals surface area contributed by atoms with Crippen LogP contribution < -0.4 is 10.9 Å². The van der Waals surface area contributed by atoms with E-state index in [2.05, 4.69) is 10.2 Å². The Bertz CT molecular complexity index is 1050. The normalized spacial score (nSPS) is 19.7. The van der Waals surface area contributed by atoms with Crippen LogP contribution in [0.4, 0.5) is 5.69 Å². The molecule has 8 heteroatoms. The van der Waals surface area contributed by atoms with E-state index in [9.17, 15) is 14.4 Å². The minimum Gasteiger partial charge on any atom is -0.356 e. The number of aromatic nitrogens is 1. The van der Waals surface area contributed by atoms with Gasteiger partial charge in [-0.05, 0) is 49.6 Å². The maximum absolute atomic E-state index is 12.3. The molecule has 2 aromatic rings. The van der Waals surface area contributed by atoms with E-state index in [1.807, 2.05) is 16.7 Å². The molecule has 1 amide bonds. The summed E-state index contributed by atoms with van der Waals surface area (Å²) >= 11 is 6.97. The molecule has 4 rings (SSSR count). The number of piperidine rings is 1. The molecule has 1 saturated heterocycles. The lowest BCUT2D eigenvalue weighted by molar-refractivity contribution is -0.113. The molecular weight excluding hydrogens is 418 g/mol. The number of carbonyl (C=O) groups excluding carboxylic acids is 2. The van der Waals surface area contributed by atoms with Crippen molar-refractivity contribution in [3.05, 3.63) is 64.1 Å². The van der Waals surface area contributed by atoms with Gasteiger partial charge in [0.2, 0.25) is 5.91 Å². The lowest BCUT2D eigenvalue weighted by atomic mass is 9.83. The van der Waals surface area contributed by atoms with Crippen molar-refractivity contribution in [2.45, 2.75) is 25.8 Å². The maximum Gasteiger partial charge on any atom is 0.250 e. The molecule has 0 saturated carbocycles. The Morgan fingerprint density at radius 1 is 1.13 bits per heavy atom. The summed E-state index contributed by atoms with van der Waals surface area (Å²) < 4.78 is 2.62. The Kier molecular flexibility index (Phi) is 6.06. The molecule has 2 atom stereocenters. The maximum atomic E-state index is 12.3. The predicted molar refractivity (Wildman–Crippen MR) is 123 cm³/mol. The number of fused-ring (bicyclic) bond motifs is 4. The highest BCUT2D eigenvalue weighted by Gasteiger charge is 2.35. The highest BCUT2D eigenvalue weighted by atomic mass is 32.2. The minimum absolute atomic E-state index is 0.00687. The third-order valence-corrected chi connectivity index (χ3v) is 7.16. The number of hydrogen-bond acceptors (Lipinski definition) is 5. The van der Waals surface area contributed by atoms with E-state index < -0.39 is 0 Å². The summed E-state index contributed by atoms with van der Waals surface area (Å²) in [6.45, 7) is 3.83. The van der Waals surface area contributed by atoms with Crippen LogP contribution in [-0.2, 0) is 11.3 Å². The summed E-state index contributed by atoms with van der Waals surface area (Å²) in [6.07, 6.45) is 1.07. The first-order valence-electron chi connectivity index (χ1n) is 9.93. The quantitative estimate of drug-likeness (QED) is 0.581. The van der Waals surface area contributed by atoms with Crippen LogP contribution in [0.15, 0.2) is 47.3 Å². The Labute approximate surface area is 184 Å². The van der Waals surface area contributed by atoms with Gasteiger partial charge in [0.05, 0.1) is 5.75 Å². The van der Waals surface area contributed by atoms with Gasteiger partial charge in [-0.1, -0.05) is 30.0 Å². The molecule has 6 nitrogen and oxygen atoms in total. The molecule has 30 heavy (non-hydrogen) atoms. The number of nitrogens with one attached hydrogen (secondary N) is 1. The van der Waals surface area contributed by atoms with Crippen LogP contribution in [0.1, 0.15) is 35.3 Å². The SMILES string of the molecule is CC(=O)c1ccc(NC(=O)CSC(=S)N2C[C@@H]3C[C@@H](C2)c2cccc(=O)n2C3)cc1. The number of benzene rings is 1. The first kappa shape index (κ1) is 20.8. The van der Waals surface area contributed by atoms with Crippen LogP contribution in [-0.4, -0.2) is 44.3 Å². The number of anilines is 1. The van der Waals surface area contributed by atoms with E-state index in [1.165, 1.54) is 18.7 Å². The zero-order chi connectivity index (χ0) is 21.3. The third kappa shape index (κ3) is 4.49. The number of likely N-dealkylation sites (tertiary alicyclic amines) is 1. The van der Waals surface area contributed by atoms with Crippen LogP contribution >= 0.6 is 24.0 Å². The molecule has 1 fully saturated rings. The second-order valence-corrected chi connectivity index (χ2v) is 9.45. The summed E-state index contributed by atoms with van der Waals surface area (Å²) in [4.78, 5) is 38.0. The second-order valence-electron chi connectivity index (χ2n) is 7.84. The van der Waals surface area contributed by atoms with Gasteiger partial charge in [-0.3, -0.25) is 14.4 Å². The van der Waals surface area contributed by atoms with Crippen LogP contribution in [0.5, 0.6) is 0 Å². The number of ketones is 1. The fraction of sp³-hybridized carbons (Fsp3) is 0.364. The van der Waals surface area contributed by atoms with Crippen LogP contribution in [0.25, 0.3) is 0 Å². The van der Waals surface area contributed by atoms with Crippen LogP contribution in [0.2, 0.25) is 0 Å². The Hall–Kier alpha value is -2.45. The van der Waals surface area contributed by atoms with Crippen molar-refractivity contribution >= 4 is 45.7 Å². The predicted octanol–water partition coefficient (Wildman–Crippen LogP) is 3.13. The Balaban J connectivity index is 1.32. The number of rotatable bonds is 4. The van der Waals surface area contributed by atoms with Gasteiger partial charge in [0.15, 0.2) is 5.78 Å². The lowest BCUT2D eigenvalue weighted by Crippen LogP contribution is -2.48. The number of carbonyl (C=O) groups is 2. The van der Waals surface area contributed by atoms with Gasteiger partial charge in [-0.25, -0.2) is 0 Å². The van der Waals surface area contributed by atoms with Crippen molar-refractivity contribution in [2.24, 2.45) is 5.92 Å². The first-order chi connectivity index (χ1) is 14.4. The number of Topliss-reactive ketones (excluding diaryl/α,β-unsaturated/α-hetero) is 1. The molecule has 2 aliphatic heterocycles. The van der Waals surface area contributed by atoms with E-state index in [-0.39, 0.29) is 23.0 Å².